The SMILES string of the molecule is O=C(c1ccc(Oc2ccc3[nH]c(=O)n(Cc4ccc(Cl)c(Cl)c4)c3n2)cc1)N1CCOCC1. The zero-order valence-electron chi connectivity index (χ0n) is 18.0. The van der Waals surface area contributed by atoms with Gasteiger partial charge in [0.05, 0.1) is 35.3 Å². The number of benzene rings is 2. The molecule has 4 aromatic rings. The predicted molar refractivity (Wildman–Crippen MR) is 129 cm³/mol. The van der Waals surface area contributed by atoms with E-state index in [0.29, 0.717) is 64.7 Å². The molecule has 2 aromatic carbocycles. The van der Waals surface area contributed by atoms with E-state index in [0.717, 1.165) is 5.56 Å². The van der Waals surface area contributed by atoms with E-state index in [1.54, 1.807) is 59.5 Å². The summed E-state index contributed by atoms with van der Waals surface area (Å²) in [7, 11) is 0. The highest BCUT2D eigenvalue weighted by Gasteiger charge is 2.18. The highest BCUT2D eigenvalue weighted by atomic mass is 35.5. The van der Waals surface area contributed by atoms with Gasteiger partial charge in [0.1, 0.15) is 5.75 Å². The normalized spacial score (nSPS) is 13.9. The number of fused-ring (bicyclic) bond motifs is 1. The molecule has 174 valence electrons. The topological polar surface area (TPSA) is 89.5 Å². The Hall–Kier alpha value is -3.33. The van der Waals surface area contributed by atoms with Gasteiger partial charge >= 0.3 is 5.69 Å². The van der Waals surface area contributed by atoms with Crippen LogP contribution in [0.25, 0.3) is 11.2 Å². The maximum atomic E-state index is 12.6. The molecular weight excluding hydrogens is 479 g/mol. The van der Waals surface area contributed by atoms with E-state index in [4.69, 9.17) is 32.7 Å². The Balaban J connectivity index is 1.36. The molecular formula is C24H20Cl2N4O4. The molecule has 10 heteroatoms. The molecule has 0 atom stereocenters. The van der Waals surface area contributed by atoms with Crippen LogP contribution >= 0.6 is 23.2 Å². The lowest BCUT2D eigenvalue weighted by Crippen LogP contribution is -2.40. The van der Waals surface area contributed by atoms with Gasteiger partial charge in [-0.15, -0.1) is 0 Å². The number of carbonyl (C=O) groups is 1. The van der Waals surface area contributed by atoms with E-state index in [1.807, 2.05) is 0 Å². The van der Waals surface area contributed by atoms with Crippen molar-refractivity contribution < 1.29 is 14.3 Å². The Bertz CT molecular complexity index is 1410. The summed E-state index contributed by atoms with van der Waals surface area (Å²) in [6, 6.07) is 15.5. The number of H-pyrrole nitrogens is 1. The number of halogens is 2. The molecule has 34 heavy (non-hydrogen) atoms. The van der Waals surface area contributed by atoms with E-state index in [-0.39, 0.29) is 18.1 Å². The van der Waals surface area contributed by atoms with Crippen molar-refractivity contribution in [1.82, 2.24) is 19.4 Å². The van der Waals surface area contributed by atoms with Gasteiger partial charge in [-0.05, 0) is 48.0 Å². The van der Waals surface area contributed by atoms with Gasteiger partial charge in [0, 0.05) is 24.7 Å². The van der Waals surface area contributed by atoms with E-state index in [9.17, 15) is 9.59 Å². The average Bonchev–Trinajstić information content (AvgIpc) is 3.16. The van der Waals surface area contributed by atoms with E-state index in [1.165, 1.54) is 4.57 Å². The molecule has 0 saturated carbocycles. The van der Waals surface area contributed by atoms with Gasteiger partial charge in [0.2, 0.25) is 5.88 Å². The molecule has 1 saturated heterocycles. The number of aromatic nitrogens is 3. The molecule has 1 N–H and O–H groups in total. The molecule has 2 aromatic heterocycles. The van der Waals surface area contributed by atoms with Crippen LogP contribution in [0, 0.1) is 0 Å². The van der Waals surface area contributed by atoms with Crippen LogP contribution in [0.4, 0.5) is 0 Å². The first-order chi connectivity index (χ1) is 16.5. The summed E-state index contributed by atoms with van der Waals surface area (Å²) in [5.41, 5.74) is 2.14. The summed E-state index contributed by atoms with van der Waals surface area (Å²) in [6.45, 7) is 2.54. The number of morpholine rings is 1. The molecule has 0 aliphatic carbocycles. The smallest absolute Gasteiger partial charge is 0.327 e. The summed E-state index contributed by atoms with van der Waals surface area (Å²) >= 11 is 12.1. The van der Waals surface area contributed by atoms with E-state index in [2.05, 4.69) is 9.97 Å². The van der Waals surface area contributed by atoms with Crippen LogP contribution in [0.1, 0.15) is 15.9 Å². The summed E-state index contributed by atoms with van der Waals surface area (Å²) in [6.07, 6.45) is 0. The Morgan fingerprint density at radius 2 is 1.79 bits per heavy atom. The first-order valence-corrected chi connectivity index (χ1v) is 11.4. The Kier molecular flexibility index (Phi) is 6.28. The lowest BCUT2D eigenvalue weighted by atomic mass is 10.2. The van der Waals surface area contributed by atoms with Crippen molar-refractivity contribution in [2.24, 2.45) is 0 Å². The van der Waals surface area contributed by atoms with Gasteiger partial charge in [0.25, 0.3) is 5.91 Å². The minimum Gasteiger partial charge on any atom is -0.439 e. The van der Waals surface area contributed by atoms with Crippen molar-refractivity contribution in [3.05, 3.63) is 86.3 Å². The molecule has 0 bridgehead atoms. The standard InChI is InChI=1S/C24H20Cl2N4O4/c25-18-6-1-15(13-19(18)26)14-30-22-20(27-24(30)32)7-8-21(28-22)34-17-4-2-16(3-5-17)23(31)29-9-11-33-12-10-29/h1-8,13H,9-12,14H2,(H,27,32). The Morgan fingerprint density at radius 3 is 2.53 bits per heavy atom. The van der Waals surface area contributed by atoms with Crippen LogP contribution in [0.15, 0.2) is 59.4 Å². The zero-order chi connectivity index (χ0) is 23.7. The summed E-state index contributed by atoms with van der Waals surface area (Å²) in [5, 5.41) is 0.864. The van der Waals surface area contributed by atoms with Crippen molar-refractivity contribution in [3.63, 3.8) is 0 Å². The maximum Gasteiger partial charge on any atom is 0.327 e. The zero-order valence-corrected chi connectivity index (χ0v) is 19.5. The number of pyridine rings is 1. The van der Waals surface area contributed by atoms with Crippen LogP contribution in [0.3, 0.4) is 0 Å². The number of imidazole rings is 1. The molecule has 5 rings (SSSR count). The molecule has 1 amide bonds. The lowest BCUT2D eigenvalue weighted by Gasteiger charge is -2.26. The second-order valence-corrected chi connectivity index (χ2v) is 8.63. The van der Waals surface area contributed by atoms with Crippen LogP contribution in [0.2, 0.25) is 10.0 Å². The third-order valence-corrected chi connectivity index (χ3v) is 6.28. The number of nitrogens with one attached hydrogen (secondary N) is 1. The fraction of sp³-hybridized carbons (Fsp3) is 0.208. The van der Waals surface area contributed by atoms with E-state index < -0.39 is 0 Å². The summed E-state index contributed by atoms with van der Waals surface area (Å²) < 4.78 is 12.7. The number of hydrogen-bond acceptors (Lipinski definition) is 5. The quantitative estimate of drug-likeness (QED) is 0.441. The number of rotatable bonds is 5. The van der Waals surface area contributed by atoms with Crippen molar-refractivity contribution >= 4 is 40.3 Å². The Morgan fingerprint density at radius 1 is 1.03 bits per heavy atom. The molecule has 1 aliphatic rings. The molecule has 3 heterocycles. The highest BCUT2D eigenvalue weighted by molar-refractivity contribution is 6.42. The largest absolute Gasteiger partial charge is 0.439 e. The van der Waals surface area contributed by atoms with Gasteiger partial charge < -0.3 is 19.4 Å². The number of nitrogens with zero attached hydrogens (tertiary/aromatic N) is 3. The third kappa shape index (κ3) is 4.65. The van der Waals surface area contributed by atoms with E-state index >= 15 is 0 Å². The molecule has 8 nitrogen and oxygen atoms in total. The number of amides is 1. The molecule has 0 unspecified atom stereocenters. The number of carbonyl (C=O) groups excluding carboxylic acids is 1. The summed E-state index contributed by atoms with van der Waals surface area (Å²) in [4.78, 5) is 34.2. The minimum absolute atomic E-state index is 0.0342. The summed E-state index contributed by atoms with van der Waals surface area (Å²) in [5.74, 6) is 0.814. The van der Waals surface area contributed by atoms with Crippen LogP contribution in [-0.2, 0) is 11.3 Å². The number of hydrogen-bond donors (Lipinski definition) is 1. The first-order valence-electron chi connectivity index (χ1n) is 10.7. The molecule has 1 fully saturated rings. The van der Waals surface area contributed by atoms with Gasteiger partial charge in [-0.2, -0.15) is 4.98 Å². The maximum absolute atomic E-state index is 12.6. The van der Waals surface area contributed by atoms with Crippen LogP contribution in [0.5, 0.6) is 11.6 Å². The number of ether oxygens (including phenoxy) is 2. The number of aromatic amines is 1. The first kappa shape index (κ1) is 22.5. The second kappa shape index (κ2) is 9.50. The van der Waals surface area contributed by atoms with Crippen molar-refractivity contribution in [1.29, 1.82) is 0 Å². The van der Waals surface area contributed by atoms with Crippen LogP contribution in [-0.4, -0.2) is 51.6 Å². The monoisotopic (exact) mass is 498 g/mol. The highest BCUT2D eigenvalue weighted by Crippen LogP contribution is 2.25. The average molecular weight is 499 g/mol. The Labute approximate surface area is 204 Å². The molecule has 1 aliphatic heterocycles. The van der Waals surface area contributed by atoms with Gasteiger partial charge in [-0.1, -0.05) is 29.3 Å². The molecule has 0 spiro atoms. The van der Waals surface area contributed by atoms with Gasteiger partial charge in [-0.25, -0.2) is 4.79 Å². The fourth-order valence-electron chi connectivity index (χ4n) is 3.77. The second-order valence-electron chi connectivity index (χ2n) is 7.82. The van der Waals surface area contributed by atoms with Gasteiger partial charge in [0.15, 0.2) is 5.65 Å². The van der Waals surface area contributed by atoms with Crippen molar-refractivity contribution in [2.45, 2.75) is 6.54 Å². The fourth-order valence-corrected chi connectivity index (χ4v) is 4.09. The van der Waals surface area contributed by atoms with Crippen molar-refractivity contribution in [2.75, 3.05) is 26.3 Å². The van der Waals surface area contributed by atoms with Gasteiger partial charge in [-0.3, -0.25) is 9.36 Å². The van der Waals surface area contributed by atoms with Crippen LogP contribution < -0.4 is 10.4 Å². The predicted octanol–water partition coefficient (Wildman–Crippen LogP) is 4.34. The lowest BCUT2D eigenvalue weighted by molar-refractivity contribution is 0.0303. The minimum atomic E-state index is -0.295. The third-order valence-electron chi connectivity index (χ3n) is 5.54. The molecule has 0 radical (unpaired) electrons. The van der Waals surface area contributed by atoms with Crippen molar-refractivity contribution in [3.8, 4) is 11.6 Å².